The lowest BCUT2D eigenvalue weighted by Gasteiger charge is -2.08. The zero-order chi connectivity index (χ0) is 14.7. The summed E-state index contributed by atoms with van der Waals surface area (Å²) < 4.78 is 13.9. The third-order valence-corrected chi connectivity index (χ3v) is 3.15. The highest BCUT2D eigenvalue weighted by Crippen LogP contribution is 2.22. The molecule has 6 heteroatoms. The van der Waals surface area contributed by atoms with E-state index in [-0.39, 0.29) is 11.5 Å². The number of rotatable bonds is 4. The first kappa shape index (κ1) is 14.5. The van der Waals surface area contributed by atoms with E-state index in [0.29, 0.717) is 16.7 Å². The number of nitro benzene ring substituents is 1. The minimum atomic E-state index is -0.444. The number of hydrogen-bond donors (Lipinski definition) is 1. The van der Waals surface area contributed by atoms with Crippen molar-refractivity contribution < 1.29 is 9.31 Å². The number of anilines is 1. The first-order valence-corrected chi connectivity index (χ1v) is 6.68. The number of nitrogens with one attached hydrogen (secondary N) is 1. The fraction of sp³-hybridized carbons (Fsp3) is 0.143. The third kappa shape index (κ3) is 3.77. The summed E-state index contributed by atoms with van der Waals surface area (Å²) in [6, 6.07) is 9.36. The molecule has 0 aromatic heterocycles. The molecule has 20 heavy (non-hydrogen) atoms. The molecule has 0 aliphatic carbocycles. The molecule has 0 fully saturated rings. The smallest absolute Gasteiger partial charge is 0.270 e. The van der Waals surface area contributed by atoms with Crippen LogP contribution < -0.4 is 5.32 Å². The van der Waals surface area contributed by atoms with Crippen LogP contribution in [0, 0.1) is 22.9 Å². The molecule has 0 radical (unpaired) electrons. The van der Waals surface area contributed by atoms with Crippen LogP contribution in [0.25, 0.3) is 0 Å². The Bertz CT molecular complexity index is 641. The lowest BCUT2D eigenvalue weighted by Crippen LogP contribution is -2.01. The van der Waals surface area contributed by atoms with E-state index < -0.39 is 4.92 Å². The quantitative estimate of drug-likeness (QED) is 0.663. The maximum Gasteiger partial charge on any atom is 0.270 e. The summed E-state index contributed by atoms with van der Waals surface area (Å²) >= 11 is 3.24. The number of halogens is 2. The largest absolute Gasteiger partial charge is 0.381 e. The van der Waals surface area contributed by atoms with Crippen molar-refractivity contribution in [3.05, 3.63) is 67.9 Å². The van der Waals surface area contributed by atoms with Crippen molar-refractivity contribution in [2.24, 2.45) is 0 Å². The SMILES string of the molecule is Cc1cc(F)cc(NCc2cc(Br)cc([N+](=O)[O-])c2)c1. The van der Waals surface area contributed by atoms with E-state index in [1.54, 1.807) is 13.0 Å². The standard InChI is InChI=1S/C14H12BrFN2O2/c1-9-2-12(16)7-13(3-9)17-8-10-4-11(15)6-14(5-10)18(19)20/h2-7,17H,8H2,1H3. The average Bonchev–Trinajstić information content (AvgIpc) is 2.34. The van der Waals surface area contributed by atoms with Crippen LogP contribution in [-0.4, -0.2) is 4.92 Å². The summed E-state index contributed by atoms with van der Waals surface area (Å²) in [5.41, 5.74) is 2.22. The molecule has 104 valence electrons. The van der Waals surface area contributed by atoms with E-state index >= 15 is 0 Å². The van der Waals surface area contributed by atoms with Gasteiger partial charge in [0.15, 0.2) is 0 Å². The van der Waals surface area contributed by atoms with Gasteiger partial charge < -0.3 is 5.32 Å². The number of nitro groups is 1. The van der Waals surface area contributed by atoms with Gasteiger partial charge in [0.25, 0.3) is 5.69 Å². The van der Waals surface area contributed by atoms with Gasteiger partial charge in [-0.2, -0.15) is 0 Å². The van der Waals surface area contributed by atoms with Gasteiger partial charge in [0.05, 0.1) is 4.92 Å². The Hall–Kier alpha value is -1.95. The normalized spacial score (nSPS) is 10.3. The molecule has 0 atom stereocenters. The molecule has 2 rings (SSSR count). The van der Waals surface area contributed by atoms with E-state index in [1.807, 2.05) is 6.07 Å². The predicted octanol–water partition coefficient (Wildman–Crippen LogP) is 4.42. The van der Waals surface area contributed by atoms with Crippen molar-refractivity contribution in [2.45, 2.75) is 13.5 Å². The highest BCUT2D eigenvalue weighted by Gasteiger charge is 2.08. The van der Waals surface area contributed by atoms with Crippen LogP contribution in [-0.2, 0) is 6.54 Å². The topological polar surface area (TPSA) is 55.2 Å². The monoisotopic (exact) mass is 338 g/mol. The summed E-state index contributed by atoms with van der Waals surface area (Å²) in [6.45, 7) is 2.18. The van der Waals surface area contributed by atoms with Crippen molar-refractivity contribution in [1.82, 2.24) is 0 Å². The fourth-order valence-corrected chi connectivity index (χ4v) is 2.41. The molecule has 0 heterocycles. The molecular formula is C14H12BrFN2O2. The Morgan fingerprint density at radius 1 is 1.25 bits per heavy atom. The zero-order valence-electron chi connectivity index (χ0n) is 10.7. The highest BCUT2D eigenvalue weighted by atomic mass is 79.9. The predicted molar refractivity (Wildman–Crippen MR) is 79.3 cm³/mol. The van der Waals surface area contributed by atoms with Crippen LogP contribution in [0.5, 0.6) is 0 Å². The summed E-state index contributed by atoms with van der Waals surface area (Å²) in [5.74, 6) is -0.312. The summed E-state index contributed by atoms with van der Waals surface area (Å²) in [4.78, 5) is 10.3. The molecule has 4 nitrogen and oxygen atoms in total. The van der Waals surface area contributed by atoms with Crippen LogP contribution >= 0.6 is 15.9 Å². The summed E-state index contributed by atoms with van der Waals surface area (Å²) in [7, 11) is 0. The molecule has 0 unspecified atom stereocenters. The second-order valence-electron chi connectivity index (χ2n) is 4.45. The van der Waals surface area contributed by atoms with Gasteiger partial charge in [-0.1, -0.05) is 15.9 Å². The van der Waals surface area contributed by atoms with Gasteiger partial charge >= 0.3 is 0 Å². The molecule has 2 aromatic rings. The fourth-order valence-electron chi connectivity index (χ4n) is 1.88. The van der Waals surface area contributed by atoms with Crippen LogP contribution in [0.2, 0.25) is 0 Å². The number of hydrogen-bond acceptors (Lipinski definition) is 3. The molecule has 0 aliphatic rings. The first-order valence-electron chi connectivity index (χ1n) is 5.89. The van der Waals surface area contributed by atoms with E-state index in [9.17, 15) is 14.5 Å². The Balaban J connectivity index is 2.16. The van der Waals surface area contributed by atoms with Gasteiger partial charge in [-0.05, 0) is 42.3 Å². The highest BCUT2D eigenvalue weighted by molar-refractivity contribution is 9.10. The van der Waals surface area contributed by atoms with Gasteiger partial charge in [0, 0.05) is 28.8 Å². The van der Waals surface area contributed by atoms with Crippen molar-refractivity contribution >= 4 is 27.3 Å². The van der Waals surface area contributed by atoms with Crippen molar-refractivity contribution in [3.8, 4) is 0 Å². The van der Waals surface area contributed by atoms with Gasteiger partial charge in [0.2, 0.25) is 0 Å². The van der Waals surface area contributed by atoms with E-state index in [0.717, 1.165) is 11.1 Å². The Labute approximate surface area is 123 Å². The van der Waals surface area contributed by atoms with Crippen LogP contribution in [0.1, 0.15) is 11.1 Å². The number of aryl methyl sites for hydroxylation is 1. The van der Waals surface area contributed by atoms with Crippen LogP contribution in [0.15, 0.2) is 40.9 Å². The van der Waals surface area contributed by atoms with Gasteiger partial charge in [0.1, 0.15) is 5.82 Å². The molecule has 0 spiro atoms. The second-order valence-corrected chi connectivity index (χ2v) is 5.36. The van der Waals surface area contributed by atoms with Crippen LogP contribution in [0.4, 0.5) is 15.8 Å². The van der Waals surface area contributed by atoms with Gasteiger partial charge in [-0.3, -0.25) is 10.1 Å². The van der Waals surface area contributed by atoms with Crippen LogP contribution in [0.3, 0.4) is 0 Å². The molecule has 0 bridgehead atoms. The lowest BCUT2D eigenvalue weighted by molar-refractivity contribution is -0.385. The summed E-state index contributed by atoms with van der Waals surface area (Å²) in [6.07, 6.45) is 0. The lowest BCUT2D eigenvalue weighted by atomic mass is 10.2. The third-order valence-electron chi connectivity index (χ3n) is 2.69. The molecule has 0 saturated carbocycles. The molecular weight excluding hydrogens is 327 g/mol. The number of nitrogens with zero attached hydrogens (tertiary/aromatic N) is 1. The number of non-ortho nitro benzene ring substituents is 1. The maximum absolute atomic E-state index is 13.3. The minimum absolute atomic E-state index is 0.0200. The molecule has 0 aliphatic heterocycles. The zero-order valence-corrected chi connectivity index (χ0v) is 12.3. The Kier molecular flexibility index (Phi) is 4.34. The van der Waals surface area contributed by atoms with E-state index in [1.165, 1.54) is 24.3 Å². The average molecular weight is 339 g/mol. The first-order chi connectivity index (χ1) is 9.44. The molecule has 0 amide bonds. The maximum atomic E-state index is 13.3. The van der Waals surface area contributed by atoms with E-state index in [4.69, 9.17) is 0 Å². The summed E-state index contributed by atoms with van der Waals surface area (Å²) in [5, 5.41) is 13.8. The van der Waals surface area contributed by atoms with Crippen molar-refractivity contribution in [1.29, 1.82) is 0 Å². The Morgan fingerprint density at radius 2 is 2.00 bits per heavy atom. The second kappa shape index (κ2) is 6.00. The molecule has 2 aromatic carbocycles. The van der Waals surface area contributed by atoms with Crippen molar-refractivity contribution in [3.63, 3.8) is 0 Å². The van der Waals surface area contributed by atoms with Gasteiger partial charge in [-0.25, -0.2) is 4.39 Å². The Morgan fingerprint density at radius 3 is 2.65 bits per heavy atom. The van der Waals surface area contributed by atoms with Gasteiger partial charge in [-0.15, -0.1) is 0 Å². The number of benzene rings is 2. The molecule has 0 saturated heterocycles. The van der Waals surface area contributed by atoms with E-state index in [2.05, 4.69) is 21.2 Å². The minimum Gasteiger partial charge on any atom is -0.381 e. The van der Waals surface area contributed by atoms with Crippen molar-refractivity contribution in [2.75, 3.05) is 5.32 Å². The molecule has 1 N–H and O–H groups in total.